The van der Waals surface area contributed by atoms with Gasteiger partial charge in [0.25, 0.3) is 0 Å². The molecule has 0 spiro atoms. The highest BCUT2D eigenvalue weighted by Gasteiger charge is 1.98. The van der Waals surface area contributed by atoms with Crippen LogP contribution < -0.4 is 5.32 Å². The van der Waals surface area contributed by atoms with Crippen molar-refractivity contribution in [2.75, 3.05) is 0 Å². The lowest BCUT2D eigenvalue weighted by molar-refractivity contribution is 0.625. The molecule has 0 radical (unpaired) electrons. The minimum Gasteiger partial charge on any atom is -0.308 e. The highest BCUT2D eigenvalue weighted by atomic mass is 35.5. The van der Waals surface area contributed by atoms with Crippen molar-refractivity contribution in [2.45, 2.75) is 13.1 Å². The van der Waals surface area contributed by atoms with Crippen molar-refractivity contribution in [2.24, 2.45) is 0 Å². The van der Waals surface area contributed by atoms with Gasteiger partial charge in [-0.25, -0.2) is 4.39 Å². The van der Waals surface area contributed by atoms with Gasteiger partial charge in [0.15, 0.2) is 0 Å². The highest BCUT2D eigenvalue weighted by molar-refractivity contribution is 7.10. The molecule has 0 saturated carbocycles. The lowest BCUT2D eigenvalue weighted by Crippen LogP contribution is -2.11. The Balaban J connectivity index is 1.82. The summed E-state index contributed by atoms with van der Waals surface area (Å²) in [4.78, 5) is 1.20. The molecule has 0 aliphatic carbocycles. The van der Waals surface area contributed by atoms with Crippen molar-refractivity contribution in [1.82, 2.24) is 5.32 Å². The molecule has 0 saturated heterocycles. The molecular formula is C12H11ClFNS. The van der Waals surface area contributed by atoms with Crippen LogP contribution in [0.3, 0.4) is 0 Å². The fraction of sp³-hybridized carbons (Fsp3) is 0.167. The summed E-state index contributed by atoms with van der Waals surface area (Å²) in [7, 11) is 0. The first kappa shape index (κ1) is 11.6. The largest absolute Gasteiger partial charge is 0.308 e. The van der Waals surface area contributed by atoms with E-state index in [0.717, 1.165) is 23.7 Å². The van der Waals surface area contributed by atoms with Gasteiger partial charge in [0.2, 0.25) is 0 Å². The molecule has 1 N–H and O–H groups in total. The Morgan fingerprint density at radius 2 is 1.94 bits per heavy atom. The van der Waals surface area contributed by atoms with E-state index in [1.807, 2.05) is 11.4 Å². The van der Waals surface area contributed by atoms with Crippen LogP contribution in [0.4, 0.5) is 4.39 Å². The van der Waals surface area contributed by atoms with Gasteiger partial charge < -0.3 is 5.32 Å². The number of hydrogen-bond acceptors (Lipinski definition) is 2. The van der Waals surface area contributed by atoms with E-state index >= 15 is 0 Å². The normalized spacial score (nSPS) is 10.6. The summed E-state index contributed by atoms with van der Waals surface area (Å²) in [6.07, 6.45) is 0. The second kappa shape index (κ2) is 5.43. The molecule has 0 unspecified atom stereocenters. The smallest absolute Gasteiger partial charge is 0.123 e. The van der Waals surface area contributed by atoms with Crippen LogP contribution in [-0.4, -0.2) is 0 Å². The predicted molar refractivity (Wildman–Crippen MR) is 66.3 cm³/mol. The van der Waals surface area contributed by atoms with Gasteiger partial charge in [-0.05, 0) is 23.8 Å². The number of hydrogen-bond donors (Lipinski definition) is 1. The Morgan fingerprint density at radius 3 is 2.56 bits per heavy atom. The van der Waals surface area contributed by atoms with Gasteiger partial charge in [0.1, 0.15) is 5.82 Å². The van der Waals surface area contributed by atoms with Crippen molar-refractivity contribution in [3.8, 4) is 0 Å². The molecule has 0 bridgehead atoms. The van der Waals surface area contributed by atoms with E-state index in [4.69, 9.17) is 11.6 Å². The van der Waals surface area contributed by atoms with Crippen molar-refractivity contribution in [3.63, 3.8) is 0 Å². The molecule has 0 amide bonds. The minimum absolute atomic E-state index is 0.200. The van der Waals surface area contributed by atoms with Gasteiger partial charge in [0.05, 0.1) is 5.02 Å². The summed E-state index contributed by atoms with van der Waals surface area (Å²) < 4.78 is 12.6. The maximum absolute atomic E-state index is 12.6. The first-order valence-corrected chi connectivity index (χ1v) is 6.18. The van der Waals surface area contributed by atoms with E-state index in [9.17, 15) is 4.39 Å². The zero-order chi connectivity index (χ0) is 11.4. The SMILES string of the molecule is Fc1ccc(CNCc2cc(Cl)cs2)cc1. The molecular weight excluding hydrogens is 245 g/mol. The first-order chi connectivity index (χ1) is 7.74. The van der Waals surface area contributed by atoms with Crippen LogP contribution in [0.1, 0.15) is 10.4 Å². The average Bonchev–Trinajstić information content (AvgIpc) is 2.67. The zero-order valence-electron chi connectivity index (χ0n) is 8.54. The standard InChI is InChI=1S/C12H11ClFNS/c13-10-5-12(16-8-10)7-15-6-9-1-3-11(14)4-2-9/h1-5,8,15H,6-7H2. The molecule has 0 atom stereocenters. The molecule has 0 aliphatic heterocycles. The lowest BCUT2D eigenvalue weighted by Gasteiger charge is -2.02. The van der Waals surface area contributed by atoms with Gasteiger partial charge in [-0.15, -0.1) is 11.3 Å². The summed E-state index contributed by atoms with van der Waals surface area (Å²) >= 11 is 7.45. The average molecular weight is 256 g/mol. The first-order valence-electron chi connectivity index (χ1n) is 4.92. The zero-order valence-corrected chi connectivity index (χ0v) is 10.1. The van der Waals surface area contributed by atoms with Crippen LogP contribution in [0.2, 0.25) is 5.02 Å². The van der Waals surface area contributed by atoms with E-state index in [1.54, 1.807) is 23.5 Å². The summed E-state index contributed by atoms with van der Waals surface area (Å²) in [5.74, 6) is -0.200. The third-order valence-corrected chi connectivity index (χ3v) is 3.45. The maximum atomic E-state index is 12.6. The quantitative estimate of drug-likeness (QED) is 0.876. The molecule has 84 valence electrons. The monoisotopic (exact) mass is 255 g/mol. The molecule has 1 heterocycles. The molecule has 1 aromatic heterocycles. The van der Waals surface area contributed by atoms with Crippen molar-refractivity contribution in [3.05, 3.63) is 57.0 Å². The van der Waals surface area contributed by atoms with E-state index in [2.05, 4.69) is 5.32 Å². The molecule has 1 aromatic carbocycles. The fourth-order valence-electron chi connectivity index (χ4n) is 1.38. The molecule has 1 nitrogen and oxygen atoms in total. The number of nitrogens with one attached hydrogen (secondary N) is 1. The van der Waals surface area contributed by atoms with Crippen LogP contribution in [0.5, 0.6) is 0 Å². The Labute approximate surface area is 103 Å². The van der Waals surface area contributed by atoms with Gasteiger partial charge in [-0.2, -0.15) is 0 Å². The van der Waals surface area contributed by atoms with E-state index in [-0.39, 0.29) is 5.82 Å². The van der Waals surface area contributed by atoms with Crippen molar-refractivity contribution < 1.29 is 4.39 Å². The summed E-state index contributed by atoms with van der Waals surface area (Å²) in [6, 6.07) is 8.45. The number of thiophene rings is 1. The number of benzene rings is 1. The Kier molecular flexibility index (Phi) is 3.93. The third-order valence-electron chi connectivity index (χ3n) is 2.16. The molecule has 16 heavy (non-hydrogen) atoms. The summed E-state index contributed by atoms with van der Waals surface area (Å²) in [6.45, 7) is 1.52. The van der Waals surface area contributed by atoms with Crippen LogP contribution >= 0.6 is 22.9 Å². The lowest BCUT2D eigenvalue weighted by atomic mass is 10.2. The van der Waals surface area contributed by atoms with Crippen molar-refractivity contribution in [1.29, 1.82) is 0 Å². The maximum Gasteiger partial charge on any atom is 0.123 e. The number of halogens is 2. The van der Waals surface area contributed by atoms with Crippen LogP contribution in [0.15, 0.2) is 35.7 Å². The molecule has 2 aromatic rings. The van der Waals surface area contributed by atoms with Gasteiger partial charge in [0, 0.05) is 23.3 Å². The minimum atomic E-state index is -0.200. The second-order valence-electron chi connectivity index (χ2n) is 3.46. The molecule has 0 fully saturated rings. The van der Waals surface area contributed by atoms with E-state index < -0.39 is 0 Å². The van der Waals surface area contributed by atoms with Crippen molar-refractivity contribution >= 4 is 22.9 Å². The van der Waals surface area contributed by atoms with E-state index in [1.165, 1.54) is 17.0 Å². The molecule has 2 rings (SSSR count). The number of rotatable bonds is 4. The molecule has 4 heteroatoms. The third kappa shape index (κ3) is 3.30. The second-order valence-corrected chi connectivity index (χ2v) is 4.89. The predicted octanol–water partition coefficient (Wildman–Crippen LogP) is 3.83. The topological polar surface area (TPSA) is 12.0 Å². The summed E-state index contributed by atoms with van der Waals surface area (Å²) in [5.41, 5.74) is 1.07. The van der Waals surface area contributed by atoms with Gasteiger partial charge in [-0.3, -0.25) is 0 Å². The van der Waals surface area contributed by atoms with Crippen LogP contribution in [-0.2, 0) is 13.1 Å². The van der Waals surface area contributed by atoms with Gasteiger partial charge >= 0.3 is 0 Å². The fourth-order valence-corrected chi connectivity index (χ4v) is 2.42. The highest BCUT2D eigenvalue weighted by Crippen LogP contribution is 2.18. The van der Waals surface area contributed by atoms with Crippen LogP contribution in [0, 0.1) is 5.82 Å². The van der Waals surface area contributed by atoms with Gasteiger partial charge in [-0.1, -0.05) is 23.7 Å². The Bertz CT molecular complexity index is 452. The molecule has 0 aliphatic rings. The Hall–Kier alpha value is -0.900. The Morgan fingerprint density at radius 1 is 1.19 bits per heavy atom. The van der Waals surface area contributed by atoms with E-state index in [0.29, 0.717) is 0 Å². The van der Waals surface area contributed by atoms with Crippen LogP contribution in [0.25, 0.3) is 0 Å². The summed E-state index contributed by atoms with van der Waals surface area (Å²) in [5, 5.41) is 5.97.